The molecule has 0 aliphatic rings. The van der Waals surface area contributed by atoms with Gasteiger partial charge >= 0.3 is 0 Å². The van der Waals surface area contributed by atoms with Crippen LogP contribution < -0.4 is 10.5 Å². The van der Waals surface area contributed by atoms with E-state index in [0.717, 1.165) is 0 Å². The van der Waals surface area contributed by atoms with Crippen LogP contribution in [0.2, 0.25) is 0 Å². The average molecular weight is 268 g/mol. The number of nitrogens with two attached hydrogens (primary N) is 1. The summed E-state index contributed by atoms with van der Waals surface area (Å²) in [5.74, 6) is 0.192. The summed E-state index contributed by atoms with van der Waals surface area (Å²) in [5.41, 5.74) is 6.85. The number of halogens is 1. The minimum Gasteiger partial charge on any atom is -0.496 e. The smallest absolute Gasteiger partial charge is 0.128 e. The van der Waals surface area contributed by atoms with Crippen molar-refractivity contribution >= 4 is 11.3 Å². The average Bonchev–Trinajstić information content (AvgIpc) is 2.87. The molecule has 96 valence electrons. The fraction of sp³-hybridized carbons (Fsp3) is 0.250. The molecule has 1 heterocycles. The molecular weight excluding hydrogens is 255 g/mol. The SMILES string of the molecule is COc1ccc(F)cc1-c1csc(C(N)CO)n1. The van der Waals surface area contributed by atoms with Crippen LogP contribution in [0.25, 0.3) is 11.3 Å². The van der Waals surface area contributed by atoms with E-state index in [2.05, 4.69) is 4.98 Å². The van der Waals surface area contributed by atoms with Crippen LogP contribution in [0.4, 0.5) is 4.39 Å². The van der Waals surface area contributed by atoms with Gasteiger partial charge in [0.05, 0.1) is 25.5 Å². The lowest BCUT2D eigenvalue weighted by molar-refractivity contribution is 0.268. The zero-order chi connectivity index (χ0) is 13.1. The van der Waals surface area contributed by atoms with E-state index in [1.54, 1.807) is 11.4 Å². The highest BCUT2D eigenvalue weighted by atomic mass is 32.1. The van der Waals surface area contributed by atoms with Gasteiger partial charge in [-0.25, -0.2) is 9.37 Å². The van der Waals surface area contributed by atoms with Gasteiger partial charge in [0.1, 0.15) is 16.6 Å². The predicted molar refractivity (Wildman–Crippen MR) is 68.1 cm³/mol. The highest BCUT2D eigenvalue weighted by Crippen LogP contribution is 2.32. The summed E-state index contributed by atoms with van der Waals surface area (Å²) in [5, 5.41) is 11.3. The van der Waals surface area contributed by atoms with E-state index in [-0.39, 0.29) is 12.4 Å². The molecule has 0 radical (unpaired) electrons. The first-order chi connectivity index (χ1) is 8.65. The summed E-state index contributed by atoms with van der Waals surface area (Å²) in [6.07, 6.45) is 0. The number of hydrogen-bond acceptors (Lipinski definition) is 5. The van der Waals surface area contributed by atoms with E-state index in [1.807, 2.05) is 0 Å². The van der Waals surface area contributed by atoms with Crippen molar-refractivity contribution in [1.82, 2.24) is 4.98 Å². The molecule has 0 fully saturated rings. The standard InChI is InChI=1S/C12H13FN2O2S/c1-17-11-3-2-7(13)4-8(11)10-6-18-12(15-10)9(14)5-16/h2-4,6,9,16H,5,14H2,1H3. The first-order valence-electron chi connectivity index (χ1n) is 5.31. The van der Waals surface area contributed by atoms with Crippen molar-refractivity contribution in [3.63, 3.8) is 0 Å². The fourth-order valence-corrected chi connectivity index (χ4v) is 2.35. The Morgan fingerprint density at radius 3 is 3.00 bits per heavy atom. The third kappa shape index (κ3) is 2.50. The van der Waals surface area contributed by atoms with E-state index in [4.69, 9.17) is 15.6 Å². The van der Waals surface area contributed by atoms with Gasteiger partial charge in [-0.3, -0.25) is 0 Å². The van der Waals surface area contributed by atoms with Gasteiger partial charge in [-0.15, -0.1) is 11.3 Å². The number of methoxy groups -OCH3 is 1. The maximum atomic E-state index is 13.3. The second-order valence-corrected chi connectivity index (χ2v) is 4.59. The molecule has 0 aliphatic heterocycles. The molecule has 0 amide bonds. The number of thiazole rings is 1. The molecular formula is C12H13FN2O2S. The Morgan fingerprint density at radius 2 is 2.33 bits per heavy atom. The lowest BCUT2D eigenvalue weighted by Gasteiger charge is -2.06. The summed E-state index contributed by atoms with van der Waals surface area (Å²) in [7, 11) is 1.52. The van der Waals surface area contributed by atoms with Gasteiger partial charge in [0.15, 0.2) is 0 Å². The molecule has 1 aromatic heterocycles. The third-order valence-corrected chi connectivity index (χ3v) is 3.45. The van der Waals surface area contributed by atoms with Crippen LogP contribution in [-0.4, -0.2) is 23.8 Å². The van der Waals surface area contributed by atoms with Gasteiger partial charge in [0.25, 0.3) is 0 Å². The number of rotatable bonds is 4. The molecule has 1 unspecified atom stereocenters. The molecule has 1 aromatic carbocycles. The second-order valence-electron chi connectivity index (χ2n) is 3.70. The Balaban J connectivity index is 2.42. The van der Waals surface area contributed by atoms with E-state index in [0.29, 0.717) is 22.0 Å². The summed E-state index contributed by atoms with van der Waals surface area (Å²) >= 11 is 1.33. The minimum absolute atomic E-state index is 0.173. The quantitative estimate of drug-likeness (QED) is 0.889. The molecule has 0 spiro atoms. The molecule has 0 bridgehead atoms. The van der Waals surface area contributed by atoms with Crippen molar-refractivity contribution in [2.45, 2.75) is 6.04 Å². The second kappa shape index (κ2) is 5.43. The molecule has 0 saturated carbocycles. The molecule has 1 atom stereocenters. The Morgan fingerprint density at radius 1 is 1.56 bits per heavy atom. The number of hydrogen-bond donors (Lipinski definition) is 2. The number of benzene rings is 1. The van der Waals surface area contributed by atoms with Crippen molar-refractivity contribution in [3.8, 4) is 17.0 Å². The fourth-order valence-electron chi connectivity index (χ4n) is 1.54. The van der Waals surface area contributed by atoms with Gasteiger partial charge in [0.2, 0.25) is 0 Å². The highest BCUT2D eigenvalue weighted by molar-refractivity contribution is 7.10. The monoisotopic (exact) mass is 268 g/mol. The summed E-state index contributed by atoms with van der Waals surface area (Å²) in [6.45, 7) is -0.173. The number of aliphatic hydroxyl groups excluding tert-OH is 1. The Bertz CT molecular complexity index is 545. The molecule has 6 heteroatoms. The van der Waals surface area contributed by atoms with Crippen LogP contribution >= 0.6 is 11.3 Å². The Labute approximate surface area is 108 Å². The molecule has 0 aliphatic carbocycles. The molecule has 3 N–H and O–H groups in total. The maximum absolute atomic E-state index is 13.3. The number of aromatic nitrogens is 1. The predicted octanol–water partition coefficient (Wildman–Crippen LogP) is 1.95. The first kappa shape index (κ1) is 12.9. The van der Waals surface area contributed by atoms with Gasteiger partial charge < -0.3 is 15.6 Å². The molecule has 0 saturated heterocycles. The van der Waals surface area contributed by atoms with E-state index in [1.165, 1.54) is 30.6 Å². The number of ether oxygens (including phenoxy) is 1. The topological polar surface area (TPSA) is 68.4 Å². The van der Waals surface area contributed by atoms with Crippen molar-refractivity contribution < 1.29 is 14.2 Å². The Kier molecular flexibility index (Phi) is 3.90. The lowest BCUT2D eigenvalue weighted by atomic mass is 10.1. The van der Waals surface area contributed by atoms with Crippen molar-refractivity contribution in [2.75, 3.05) is 13.7 Å². The largest absolute Gasteiger partial charge is 0.496 e. The summed E-state index contributed by atoms with van der Waals surface area (Å²) in [6, 6.07) is 3.73. The first-order valence-corrected chi connectivity index (χ1v) is 6.19. The van der Waals surface area contributed by atoms with Crippen LogP contribution in [0.5, 0.6) is 5.75 Å². The zero-order valence-corrected chi connectivity index (χ0v) is 10.6. The summed E-state index contributed by atoms with van der Waals surface area (Å²) in [4.78, 5) is 4.29. The molecule has 4 nitrogen and oxygen atoms in total. The van der Waals surface area contributed by atoms with E-state index < -0.39 is 6.04 Å². The van der Waals surface area contributed by atoms with Crippen molar-refractivity contribution in [2.24, 2.45) is 5.73 Å². The molecule has 2 rings (SSSR count). The van der Waals surface area contributed by atoms with Crippen LogP contribution in [-0.2, 0) is 0 Å². The van der Waals surface area contributed by atoms with Crippen molar-refractivity contribution in [1.29, 1.82) is 0 Å². The molecule has 18 heavy (non-hydrogen) atoms. The van der Waals surface area contributed by atoms with Gasteiger partial charge in [0, 0.05) is 10.9 Å². The normalized spacial score (nSPS) is 12.4. The highest BCUT2D eigenvalue weighted by Gasteiger charge is 2.14. The Hall–Kier alpha value is -1.50. The van der Waals surface area contributed by atoms with Crippen LogP contribution in [0.1, 0.15) is 11.0 Å². The zero-order valence-electron chi connectivity index (χ0n) is 9.76. The van der Waals surface area contributed by atoms with Gasteiger partial charge in [-0.2, -0.15) is 0 Å². The van der Waals surface area contributed by atoms with Crippen LogP contribution in [0.3, 0.4) is 0 Å². The molecule has 2 aromatic rings. The van der Waals surface area contributed by atoms with Gasteiger partial charge in [-0.1, -0.05) is 0 Å². The number of aliphatic hydroxyl groups is 1. The van der Waals surface area contributed by atoms with Crippen LogP contribution in [0.15, 0.2) is 23.6 Å². The lowest BCUT2D eigenvalue weighted by Crippen LogP contribution is -2.13. The summed E-state index contributed by atoms with van der Waals surface area (Å²) < 4.78 is 18.4. The van der Waals surface area contributed by atoms with Crippen molar-refractivity contribution in [3.05, 3.63) is 34.4 Å². The van der Waals surface area contributed by atoms with Crippen LogP contribution in [0, 0.1) is 5.82 Å². The number of nitrogens with zero attached hydrogens (tertiary/aromatic N) is 1. The van der Waals surface area contributed by atoms with Gasteiger partial charge in [-0.05, 0) is 18.2 Å². The van der Waals surface area contributed by atoms with E-state index >= 15 is 0 Å². The maximum Gasteiger partial charge on any atom is 0.128 e. The minimum atomic E-state index is -0.511. The van der Waals surface area contributed by atoms with E-state index in [9.17, 15) is 4.39 Å². The third-order valence-electron chi connectivity index (χ3n) is 2.47.